The molecule has 6 heteroatoms. The number of rotatable bonds is 9. The number of benzene rings is 1. The van der Waals surface area contributed by atoms with Gasteiger partial charge in [-0.05, 0) is 67.7 Å². The molecule has 2 aromatic rings. The highest BCUT2D eigenvalue weighted by atomic mass is 32.1. The number of carbonyl (C=O) groups is 2. The molecule has 0 bridgehead atoms. The van der Waals surface area contributed by atoms with Crippen molar-refractivity contribution in [2.45, 2.75) is 72.3 Å². The second-order valence-corrected chi connectivity index (χ2v) is 11.4. The summed E-state index contributed by atoms with van der Waals surface area (Å²) in [4.78, 5) is 32.3. The molecule has 1 aliphatic carbocycles. The fourth-order valence-electron chi connectivity index (χ4n) is 5.43. The van der Waals surface area contributed by atoms with E-state index in [-0.39, 0.29) is 30.3 Å². The van der Waals surface area contributed by atoms with Crippen molar-refractivity contribution in [3.63, 3.8) is 0 Å². The lowest BCUT2D eigenvalue weighted by Crippen LogP contribution is -2.49. The Hall–Kier alpha value is -2.34. The molecule has 1 aromatic carbocycles. The van der Waals surface area contributed by atoms with E-state index in [1.807, 2.05) is 15.9 Å². The van der Waals surface area contributed by atoms with Gasteiger partial charge in [0.05, 0.1) is 12.6 Å². The van der Waals surface area contributed by atoms with E-state index in [0.29, 0.717) is 25.6 Å². The lowest BCUT2D eigenvalue weighted by Gasteiger charge is -2.38. The summed E-state index contributed by atoms with van der Waals surface area (Å²) in [5.41, 5.74) is 3.50. The molecule has 2 atom stereocenters. The minimum atomic E-state index is -0.134. The molecule has 0 spiro atoms. The van der Waals surface area contributed by atoms with Crippen LogP contribution in [-0.4, -0.2) is 47.9 Å². The summed E-state index contributed by atoms with van der Waals surface area (Å²) < 4.78 is 6.28. The van der Waals surface area contributed by atoms with E-state index in [2.05, 4.69) is 51.3 Å². The van der Waals surface area contributed by atoms with Crippen LogP contribution >= 0.6 is 11.3 Å². The first-order chi connectivity index (χ1) is 16.9. The van der Waals surface area contributed by atoms with Gasteiger partial charge in [-0.1, -0.05) is 50.8 Å². The monoisotopic (exact) mass is 496 g/mol. The number of hydrogen-bond donors (Lipinski definition) is 0. The lowest BCUT2D eigenvalue weighted by atomic mass is 10.00. The molecule has 4 rings (SSSR count). The van der Waals surface area contributed by atoms with E-state index in [1.165, 1.54) is 16.0 Å². The summed E-state index contributed by atoms with van der Waals surface area (Å²) >= 11 is 1.76. The smallest absolute Gasteiger partial charge is 0.242 e. The van der Waals surface area contributed by atoms with Crippen LogP contribution in [0.25, 0.3) is 0 Å². The highest BCUT2D eigenvalue weighted by molar-refractivity contribution is 7.10. The van der Waals surface area contributed by atoms with Crippen molar-refractivity contribution in [2.24, 2.45) is 11.8 Å². The van der Waals surface area contributed by atoms with Gasteiger partial charge >= 0.3 is 0 Å². The maximum atomic E-state index is 13.7. The topological polar surface area (TPSA) is 49.9 Å². The first-order valence-corrected chi connectivity index (χ1v) is 14.1. The Kier molecular flexibility index (Phi) is 8.53. The molecule has 35 heavy (non-hydrogen) atoms. The predicted molar refractivity (Wildman–Crippen MR) is 142 cm³/mol. The Labute approximate surface area is 214 Å². The maximum absolute atomic E-state index is 13.7. The Morgan fingerprint density at radius 2 is 1.97 bits per heavy atom. The summed E-state index contributed by atoms with van der Waals surface area (Å²) in [7, 11) is 0. The molecule has 1 saturated carbocycles. The quantitative estimate of drug-likeness (QED) is 0.432. The van der Waals surface area contributed by atoms with Crippen molar-refractivity contribution < 1.29 is 14.3 Å². The molecule has 190 valence electrons. The number of thiophene rings is 1. The summed E-state index contributed by atoms with van der Waals surface area (Å²) in [6.45, 7) is 10.4. The fourth-order valence-corrected chi connectivity index (χ4v) is 6.36. The number of amides is 2. The van der Waals surface area contributed by atoms with Gasteiger partial charge in [-0.15, -0.1) is 11.3 Å². The third-order valence-electron chi connectivity index (χ3n) is 7.71. The second-order valence-electron chi connectivity index (χ2n) is 10.4. The molecule has 2 aliphatic rings. The van der Waals surface area contributed by atoms with Gasteiger partial charge in [-0.2, -0.15) is 0 Å². The highest BCUT2D eigenvalue weighted by Gasteiger charge is 2.35. The standard InChI is InChI=1S/C29H40N2O3S/c1-5-20(2)17-30(29(33)23-8-6-7-9-23)18-28(32)31-14-12-27-24(13-15-35-27)25(31)19-34-26-11-10-21(3)16-22(26)4/h10-11,13,15-16,20,23,25H,5-9,12,14,17-19H2,1-4H3. The van der Waals surface area contributed by atoms with Crippen LogP contribution in [0.15, 0.2) is 29.6 Å². The van der Waals surface area contributed by atoms with Gasteiger partial charge in [0.2, 0.25) is 11.8 Å². The van der Waals surface area contributed by atoms with Crippen molar-refractivity contribution in [3.8, 4) is 5.75 Å². The maximum Gasteiger partial charge on any atom is 0.242 e. The molecule has 0 saturated heterocycles. The molecule has 0 radical (unpaired) electrons. The van der Waals surface area contributed by atoms with E-state index in [4.69, 9.17) is 4.74 Å². The molecule has 0 N–H and O–H groups in total. The molecule has 1 fully saturated rings. The Morgan fingerprint density at radius 1 is 1.20 bits per heavy atom. The van der Waals surface area contributed by atoms with Crippen molar-refractivity contribution >= 4 is 23.2 Å². The SMILES string of the molecule is CCC(C)CN(CC(=O)N1CCc2sccc2C1COc1ccc(C)cc1C)C(=O)C1CCCC1. The Morgan fingerprint density at radius 3 is 2.69 bits per heavy atom. The first kappa shape index (κ1) is 25.7. The van der Waals surface area contributed by atoms with Crippen LogP contribution in [0.1, 0.15) is 73.6 Å². The molecule has 2 unspecified atom stereocenters. The van der Waals surface area contributed by atoms with Gasteiger partial charge < -0.3 is 14.5 Å². The zero-order valence-electron chi connectivity index (χ0n) is 21.7. The summed E-state index contributed by atoms with van der Waals surface area (Å²) in [6.07, 6.45) is 6.01. The zero-order chi connectivity index (χ0) is 24.9. The average molecular weight is 497 g/mol. The summed E-state index contributed by atoms with van der Waals surface area (Å²) in [5.74, 6) is 1.53. The molecule has 2 amide bonds. The molecule has 1 aliphatic heterocycles. The second kappa shape index (κ2) is 11.6. The minimum Gasteiger partial charge on any atom is -0.491 e. The van der Waals surface area contributed by atoms with Gasteiger partial charge in [0.1, 0.15) is 12.4 Å². The first-order valence-electron chi connectivity index (χ1n) is 13.2. The van der Waals surface area contributed by atoms with Gasteiger partial charge in [-0.25, -0.2) is 0 Å². The van der Waals surface area contributed by atoms with Crippen LogP contribution in [0.3, 0.4) is 0 Å². The van der Waals surface area contributed by atoms with Crippen LogP contribution in [-0.2, 0) is 16.0 Å². The van der Waals surface area contributed by atoms with Crippen molar-refractivity contribution in [3.05, 3.63) is 51.2 Å². The van der Waals surface area contributed by atoms with Crippen LogP contribution in [0.4, 0.5) is 0 Å². The predicted octanol–water partition coefficient (Wildman–Crippen LogP) is 5.93. The fraction of sp³-hybridized carbons (Fsp3) is 0.586. The molecular formula is C29H40N2O3S. The number of ether oxygens (including phenoxy) is 1. The zero-order valence-corrected chi connectivity index (χ0v) is 22.5. The summed E-state index contributed by atoms with van der Waals surface area (Å²) in [6, 6.07) is 8.20. The van der Waals surface area contributed by atoms with E-state index in [1.54, 1.807) is 11.3 Å². The number of fused-ring (bicyclic) bond motifs is 1. The lowest BCUT2D eigenvalue weighted by molar-refractivity contribution is -0.145. The van der Waals surface area contributed by atoms with Gasteiger partial charge in [0.25, 0.3) is 0 Å². The molecular weight excluding hydrogens is 456 g/mol. The number of hydrogen-bond acceptors (Lipinski definition) is 4. The molecule has 1 aromatic heterocycles. The summed E-state index contributed by atoms with van der Waals surface area (Å²) in [5, 5.41) is 2.11. The minimum absolute atomic E-state index is 0.0331. The average Bonchev–Trinajstić information content (AvgIpc) is 3.54. The van der Waals surface area contributed by atoms with E-state index in [0.717, 1.165) is 49.8 Å². The van der Waals surface area contributed by atoms with Crippen LogP contribution in [0.5, 0.6) is 5.75 Å². The normalized spacial score (nSPS) is 18.9. The number of carbonyl (C=O) groups excluding carboxylic acids is 2. The van der Waals surface area contributed by atoms with Gasteiger partial charge in [0.15, 0.2) is 0 Å². The van der Waals surface area contributed by atoms with Crippen LogP contribution in [0, 0.1) is 25.7 Å². The van der Waals surface area contributed by atoms with Crippen LogP contribution in [0.2, 0.25) is 0 Å². The molecule has 5 nitrogen and oxygen atoms in total. The Balaban J connectivity index is 1.51. The van der Waals surface area contributed by atoms with Crippen molar-refractivity contribution in [1.29, 1.82) is 0 Å². The van der Waals surface area contributed by atoms with E-state index in [9.17, 15) is 9.59 Å². The van der Waals surface area contributed by atoms with Gasteiger partial charge in [-0.3, -0.25) is 9.59 Å². The number of nitrogens with zero attached hydrogens (tertiary/aromatic N) is 2. The van der Waals surface area contributed by atoms with Crippen molar-refractivity contribution in [2.75, 3.05) is 26.2 Å². The third-order valence-corrected chi connectivity index (χ3v) is 8.71. The van der Waals surface area contributed by atoms with Crippen molar-refractivity contribution in [1.82, 2.24) is 9.80 Å². The van der Waals surface area contributed by atoms with Gasteiger partial charge in [0, 0.05) is 23.9 Å². The molecule has 2 heterocycles. The highest BCUT2D eigenvalue weighted by Crippen LogP contribution is 2.35. The van der Waals surface area contributed by atoms with E-state index < -0.39 is 0 Å². The Bertz CT molecular complexity index is 1030. The number of aryl methyl sites for hydroxylation is 2. The largest absolute Gasteiger partial charge is 0.491 e. The van der Waals surface area contributed by atoms with Crippen LogP contribution < -0.4 is 4.74 Å². The third kappa shape index (κ3) is 6.08. The van der Waals surface area contributed by atoms with E-state index >= 15 is 0 Å².